The molecule has 0 aliphatic rings. The van der Waals surface area contributed by atoms with E-state index in [4.69, 9.17) is 27.1 Å². The standard InChI is InChI=1S/C16H13NO3S/c17-16(21)15-14(12-3-1-2-4-13(12)20-15)19-9-10-5-7-11(18)8-6-10/h1-8,18H,9H2,(H2,17,21). The molecule has 0 aliphatic heterocycles. The van der Waals surface area contributed by atoms with E-state index in [1.54, 1.807) is 24.3 Å². The first-order valence-electron chi connectivity index (χ1n) is 6.37. The van der Waals surface area contributed by atoms with Gasteiger partial charge in [0.2, 0.25) is 5.76 Å². The van der Waals surface area contributed by atoms with Gasteiger partial charge in [0.25, 0.3) is 0 Å². The number of hydrogen-bond donors (Lipinski definition) is 2. The van der Waals surface area contributed by atoms with E-state index < -0.39 is 0 Å². The Morgan fingerprint density at radius 3 is 2.57 bits per heavy atom. The van der Waals surface area contributed by atoms with Crippen molar-refractivity contribution in [1.29, 1.82) is 0 Å². The van der Waals surface area contributed by atoms with Gasteiger partial charge in [-0.2, -0.15) is 0 Å². The molecule has 0 saturated carbocycles. The van der Waals surface area contributed by atoms with Gasteiger partial charge in [-0.25, -0.2) is 0 Å². The predicted molar refractivity (Wildman–Crippen MR) is 84.5 cm³/mol. The van der Waals surface area contributed by atoms with Crippen molar-refractivity contribution in [3.05, 3.63) is 59.9 Å². The summed E-state index contributed by atoms with van der Waals surface area (Å²) in [6, 6.07) is 14.3. The van der Waals surface area contributed by atoms with Crippen LogP contribution in [0.25, 0.3) is 11.0 Å². The lowest BCUT2D eigenvalue weighted by molar-refractivity contribution is 0.304. The third-order valence-electron chi connectivity index (χ3n) is 3.09. The van der Waals surface area contributed by atoms with E-state index >= 15 is 0 Å². The zero-order chi connectivity index (χ0) is 14.8. The highest BCUT2D eigenvalue weighted by molar-refractivity contribution is 7.80. The number of rotatable bonds is 4. The molecule has 2 aromatic carbocycles. The van der Waals surface area contributed by atoms with E-state index in [2.05, 4.69) is 0 Å². The lowest BCUT2D eigenvalue weighted by atomic mass is 10.2. The lowest BCUT2D eigenvalue weighted by Gasteiger charge is -2.06. The topological polar surface area (TPSA) is 68.6 Å². The van der Waals surface area contributed by atoms with Gasteiger partial charge >= 0.3 is 0 Å². The lowest BCUT2D eigenvalue weighted by Crippen LogP contribution is -2.10. The van der Waals surface area contributed by atoms with Gasteiger partial charge in [0.1, 0.15) is 22.9 Å². The van der Waals surface area contributed by atoms with E-state index in [-0.39, 0.29) is 10.7 Å². The van der Waals surface area contributed by atoms with Crippen LogP contribution in [0.15, 0.2) is 52.9 Å². The van der Waals surface area contributed by atoms with Crippen molar-refractivity contribution in [2.24, 2.45) is 5.73 Å². The maximum absolute atomic E-state index is 9.28. The van der Waals surface area contributed by atoms with Crippen LogP contribution in [0.5, 0.6) is 11.5 Å². The Labute approximate surface area is 126 Å². The second-order valence-corrected chi connectivity index (χ2v) is 5.02. The normalized spacial score (nSPS) is 10.7. The number of phenolic OH excluding ortho intramolecular Hbond substituents is 1. The van der Waals surface area contributed by atoms with E-state index in [9.17, 15) is 5.11 Å². The van der Waals surface area contributed by atoms with Crippen LogP contribution in [0.3, 0.4) is 0 Å². The van der Waals surface area contributed by atoms with Crippen LogP contribution in [0.1, 0.15) is 11.3 Å². The van der Waals surface area contributed by atoms with Gasteiger partial charge in [0, 0.05) is 0 Å². The van der Waals surface area contributed by atoms with Crippen LogP contribution in [0.2, 0.25) is 0 Å². The number of para-hydroxylation sites is 1. The molecule has 5 heteroatoms. The maximum atomic E-state index is 9.28. The Morgan fingerprint density at radius 1 is 1.14 bits per heavy atom. The Bertz CT molecular complexity index is 793. The monoisotopic (exact) mass is 299 g/mol. The molecule has 0 spiro atoms. The first-order valence-corrected chi connectivity index (χ1v) is 6.78. The fraction of sp³-hybridized carbons (Fsp3) is 0.0625. The average Bonchev–Trinajstić information content (AvgIpc) is 2.86. The summed E-state index contributed by atoms with van der Waals surface area (Å²) in [7, 11) is 0. The van der Waals surface area contributed by atoms with Crippen LogP contribution in [-0.4, -0.2) is 10.1 Å². The fourth-order valence-corrected chi connectivity index (χ4v) is 2.21. The smallest absolute Gasteiger partial charge is 0.204 e. The largest absolute Gasteiger partial charge is 0.508 e. The Kier molecular flexibility index (Phi) is 3.50. The number of thiocarbonyl (C=S) groups is 1. The van der Waals surface area contributed by atoms with Crippen molar-refractivity contribution < 1.29 is 14.3 Å². The van der Waals surface area contributed by atoms with Gasteiger partial charge < -0.3 is 20.0 Å². The molecule has 0 saturated heterocycles. The second kappa shape index (κ2) is 5.46. The highest BCUT2D eigenvalue weighted by Crippen LogP contribution is 2.33. The Balaban J connectivity index is 1.93. The van der Waals surface area contributed by atoms with Crippen LogP contribution < -0.4 is 10.5 Å². The summed E-state index contributed by atoms with van der Waals surface area (Å²) in [5, 5.41) is 10.1. The maximum Gasteiger partial charge on any atom is 0.204 e. The second-order valence-electron chi connectivity index (χ2n) is 4.58. The summed E-state index contributed by atoms with van der Waals surface area (Å²) >= 11 is 5.01. The first kappa shape index (κ1) is 13.5. The van der Waals surface area contributed by atoms with E-state index in [1.165, 1.54) is 0 Å². The first-order chi connectivity index (χ1) is 10.1. The molecule has 21 heavy (non-hydrogen) atoms. The van der Waals surface area contributed by atoms with Gasteiger partial charge in [-0.05, 0) is 29.8 Å². The molecule has 3 aromatic rings. The van der Waals surface area contributed by atoms with Crippen molar-refractivity contribution in [2.45, 2.75) is 6.61 Å². The number of nitrogens with two attached hydrogens (primary N) is 1. The summed E-state index contributed by atoms with van der Waals surface area (Å²) in [6.45, 7) is 0.333. The minimum absolute atomic E-state index is 0.159. The zero-order valence-corrected chi connectivity index (χ0v) is 11.9. The molecule has 106 valence electrons. The van der Waals surface area contributed by atoms with Crippen LogP contribution in [0, 0.1) is 0 Å². The summed E-state index contributed by atoms with van der Waals surface area (Å²) in [4.78, 5) is 0.159. The van der Waals surface area contributed by atoms with Crippen LogP contribution in [-0.2, 0) is 6.61 Å². The molecule has 0 fully saturated rings. The minimum atomic E-state index is 0.159. The highest BCUT2D eigenvalue weighted by Gasteiger charge is 2.17. The van der Waals surface area contributed by atoms with E-state index in [1.807, 2.05) is 24.3 Å². The third kappa shape index (κ3) is 2.68. The van der Waals surface area contributed by atoms with Gasteiger partial charge in [-0.1, -0.05) is 36.5 Å². The molecule has 4 nitrogen and oxygen atoms in total. The molecule has 0 radical (unpaired) electrons. The molecule has 1 heterocycles. The van der Waals surface area contributed by atoms with Crippen LogP contribution >= 0.6 is 12.2 Å². The van der Waals surface area contributed by atoms with E-state index in [0.29, 0.717) is 23.7 Å². The van der Waals surface area contributed by atoms with Crippen molar-refractivity contribution in [2.75, 3.05) is 0 Å². The van der Waals surface area contributed by atoms with Gasteiger partial charge in [0.15, 0.2) is 5.75 Å². The number of ether oxygens (including phenoxy) is 1. The third-order valence-corrected chi connectivity index (χ3v) is 3.28. The highest BCUT2D eigenvalue weighted by atomic mass is 32.1. The molecule has 3 rings (SSSR count). The number of hydrogen-bond acceptors (Lipinski definition) is 4. The molecule has 0 atom stereocenters. The summed E-state index contributed by atoms with van der Waals surface area (Å²) in [5.41, 5.74) is 7.30. The van der Waals surface area contributed by atoms with Crippen molar-refractivity contribution >= 4 is 28.2 Å². The summed E-state index contributed by atoms with van der Waals surface area (Å²) < 4.78 is 11.5. The molecule has 0 unspecified atom stereocenters. The Hall–Kier alpha value is -2.53. The van der Waals surface area contributed by atoms with Crippen molar-refractivity contribution in [3.63, 3.8) is 0 Å². The van der Waals surface area contributed by atoms with E-state index in [0.717, 1.165) is 10.9 Å². The number of furan rings is 1. The molecule has 3 N–H and O–H groups in total. The van der Waals surface area contributed by atoms with Crippen LogP contribution in [0.4, 0.5) is 0 Å². The number of phenols is 1. The number of fused-ring (bicyclic) bond motifs is 1. The predicted octanol–water partition coefficient (Wildman–Crippen LogP) is 3.35. The molecule has 1 aromatic heterocycles. The molecular weight excluding hydrogens is 286 g/mol. The van der Waals surface area contributed by atoms with Gasteiger partial charge in [0.05, 0.1) is 5.39 Å². The van der Waals surface area contributed by atoms with Gasteiger partial charge in [-0.3, -0.25) is 0 Å². The van der Waals surface area contributed by atoms with Crippen molar-refractivity contribution in [1.82, 2.24) is 0 Å². The number of benzene rings is 2. The molecule has 0 bridgehead atoms. The summed E-state index contributed by atoms with van der Waals surface area (Å²) in [5.74, 6) is 1.15. The molecule has 0 aliphatic carbocycles. The Morgan fingerprint density at radius 2 is 1.86 bits per heavy atom. The summed E-state index contributed by atoms with van der Waals surface area (Å²) in [6.07, 6.45) is 0. The zero-order valence-electron chi connectivity index (χ0n) is 11.1. The number of aromatic hydroxyl groups is 1. The SMILES string of the molecule is NC(=S)c1oc2ccccc2c1OCc1ccc(O)cc1. The quantitative estimate of drug-likeness (QED) is 0.723. The average molecular weight is 299 g/mol. The minimum Gasteiger partial charge on any atom is -0.508 e. The van der Waals surface area contributed by atoms with Gasteiger partial charge in [-0.15, -0.1) is 0 Å². The molecular formula is C16H13NO3S. The fourth-order valence-electron chi connectivity index (χ4n) is 2.08. The molecule has 0 amide bonds. The van der Waals surface area contributed by atoms with Crippen molar-refractivity contribution in [3.8, 4) is 11.5 Å².